The van der Waals surface area contributed by atoms with Crippen molar-refractivity contribution in [3.05, 3.63) is 30.5 Å². The molecule has 2 atom stereocenters. The van der Waals surface area contributed by atoms with Gasteiger partial charge < -0.3 is 15.0 Å². The number of aromatic amines is 2. The Morgan fingerprint density at radius 1 is 1.33 bits per heavy atom. The van der Waals surface area contributed by atoms with Crippen LogP contribution in [0.4, 0.5) is 10.2 Å². The highest BCUT2D eigenvalue weighted by atomic mass is 19.1. The van der Waals surface area contributed by atoms with Gasteiger partial charge in [0, 0.05) is 28.8 Å². The monoisotopic (exact) mass is 366 g/mol. The molecule has 1 saturated carbocycles. The lowest BCUT2D eigenvalue weighted by Crippen LogP contribution is -2.15. The minimum Gasteiger partial charge on any atom is -0.496 e. The van der Waals surface area contributed by atoms with Gasteiger partial charge in [-0.25, -0.2) is 9.37 Å². The van der Waals surface area contributed by atoms with Crippen molar-refractivity contribution >= 4 is 33.8 Å². The van der Waals surface area contributed by atoms with E-state index in [0.29, 0.717) is 17.2 Å². The lowest BCUT2D eigenvalue weighted by Gasteiger charge is -2.08. The molecule has 1 aliphatic carbocycles. The van der Waals surface area contributed by atoms with Gasteiger partial charge in [0.05, 0.1) is 18.5 Å². The number of hydrogen-bond acceptors (Lipinski definition) is 5. The van der Waals surface area contributed by atoms with Crippen molar-refractivity contribution in [3.8, 4) is 16.9 Å². The van der Waals surface area contributed by atoms with Gasteiger partial charge in [0.15, 0.2) is 0 Å². The second-order valence-electron chi connectivity index (χ2n) is 6.52. The summed E-state index contributed by atoms with van der Waals surface area (Å²) in [5.41, 5.74) is 3.86. The van der Waals surface area contributed by atoms with E-state index in [1.165, 1.54) is 0 Å². The SMILES string of the molecule is COc1cc2[nH]nnc2cc1-c1c[nH]c2nc(NC(=O)[C@@H]3C[C@@H]3F)ccc12. The first kappa shape index (κ1) is 15.7. The lowest BCUT2D eigenvalue weighted by atomic mass is 10.0. The third-order valence-corrected chi connectivity index (χ3v) is 4.78. The minimum atomic E-state index is -1.04. The first-order valence-electron chi connectivity index (χ1n) is 8.46. The number of ether oxygens (including phenoxy) is 1. The zero-order chi connectivity index (χ0) is 18.5. The highest BCUT2D eigenvalue weighted by Crippen LogP contribution is 2.37. The van der Waals surface area contributed by atoms with Gasteiger partial charge in [-0.3, -0.25) is 9.89 Å². The fourth-order valence-electron chi connectivity index (χ4n) is 3.20. The van der Waals surface area contributed by atoms with Crippen LogP contribution in [0.25, 0.3) is 33.2 Å². The molecule has 136 valence electrons. The van der Waals surface area contributed by atoms with E-state index < -0.39 is 12.1 Å². The Morgan fingerprint density at radius 2 is 2.19 bits per heavy atom. The predicted octanol–water partition coefficient (Wildman–Crippen LogP) is 2.81. The quantitative estimate of drug-likeness (QED) is 0.515. The molecule has 3 aromatic heterocycles. The summed E-state index contributed by atoms with van der Waals surface area (Å²) in [7, 11) is 1.60. The maximum Gasteiger partial charge on any atom is 0.231 e. The van der Waals surface area contributed by atoms with Gasteiger partial charge >= 0.3 is 0 Å². The number of nitrogens with zero attached hydrogens (tertiary/aromatic N) is 3. The summed E-state index contributed by atoms with van der Waals surface area (Å²) in [6.45, 7) is 0. The highest BCUT2D eigenvalue weighted by molar-refractivity contribution is 6.00. The van der Waals surface area contributed by atoms with Crippen molar-refractivity contribution < 1.29 is 13.9 Å². The van der Waals surface area contributed by atoms with Crippen LogP contribution in [0.15, 0.2) is 30.5 Å². The largest absolute Gasteiger partial charge is 0.496 e. The van der Waals surface area contributed by atoms with E-state index in [4.69, 9.17) is 4.74 Å². The standard InChI is InChI=1S/C18H15FN6O2/c1-27-15-6-14-13(23-25-24-14)5-9(15)11-7-20-17-8(11)2-3-16(21-17)22-18(26)10-4-12(10)19/h2-3,5-7,10,12H,4H2,1H3,(H,23,24,25)(H2,20,21,22,26)/t10-,12+/m1/s1. The van der Waals surface area contributed by atoms with Crippen LogP contribution in [0.5, 0.6) is 5.75 Å². The number of carbonyl (C=O) groups is 1. The van der Waals surface area contributed by atoms with E-state index >= 15 is 0 Å². The molecular weight excluding hydrogens is 351 g/mol. The van der Waals surface area contributed by atoms with E-state index in [2.05, 4.69) is 30.7 Å². The molecule has 4 aromatic rings. The molecule has 3 heterocycles. The van der Waals surface area contributed by atoms with Crippen molar-refractivity contribution in [2.75, 3.05) is 12.4 Å². The van der Waals surface area contributed by atoms with Crippen LogP contribution in [0.1, 0.15) is 6.42 Å². The van der Waals surface area contributed by atoms with Crippen molar-refractivity contribution in [3.63, 3.8) is 0 Å². The number of amides is 1. The van der Waals surface area contributed by atoms with Crippen molar-refractivity contribution in [1.29, 1.82) is 0 Å². The Labute approximate surface area is 152 Å². The van der Waals surface area contributed by atoms with E-state index in [1.54, 1.807) is 13.2 Å². The Balaban J connectivity index is 1.54. The number of hydrogen-bond donors (Lipinski definition) is 3. The fourth-order valence-corrected chi connectivity index (χ4v) is 3.20. The number of anilines is 1. The van der Waals surface area contributed by atoms with Gasteiger partial charge in [-0.15, -0.1) is 5.10 Å². The summed E-state index contributed by atoms with van der Waals surface area (Å²) in [4.78, 5) is 19.4. The van der Waals surface area contributed by atoms with Gasteiger partial charge in [-0.05, 0) is 24.6 Å². The molecule has 5 rings (SSSR count). The molecule has 0 bridgehead atoms. The molecule has 0 aliphatic heterocycles. The van der Waals surface area contributed by atoms with E-state index in [1.807, 2.05) is 24.4 Å². The number of aromatic nitrogens is 5. The van der Waals surface area contributed by atoms with Crippen molar-refractivity contribution in [2.24, 2.45) is 5.92 Å². The number of alkyl halides is 1. The Hall–Kier alpha value is -3.49. The average Bonchev–Trinajstić information content (AvgIpc) is 3.07. The number of rotatable bonds is 4. The number of nitrogens with one attached hydrogen (secondary N) is 3. The molecule has 0 saturated heterocycles. The summed E-state index contributed by atoms with van der Waals surface area (Å²) in [6, 6.07) is 7.29. The first-order valence-corrected chi connectivity index (χ1v) is 8.46. The molecule has 1 aromatic carbocycles. The second kappa shape index (κ2) is 5.76. The van der Waals surface area contributed by atoms with E-state index in [0.717, 1.165) is 27.5 Å². The van der Waals surface area contributed by atoms with Crippen LogP contribution >= 0.6 is 0 Å². The third kappa shape index (κ3) is 2.59. The Bertz CT molecular complexity index is 1180. The van der Waals surface area contributed by atoms with Crippen molar-refractivity contribution in [1.82, 2.24) is 25.4 Å². The average molecular weight is 366 g/mol. The normalized spacial score (nSPS) is 18.7. The minimum absolute atomic E-state index is 0.283. The Morgan fingerprint density at radius 3 is 2.96 bits per heavy atom. The first-order chi connectivity index (χ1) is 13.1. The number of H-pyrrole nitrogens is 2. The molecule has 3 N–H and O–H groups in total. The van der Waals surface area contributed by atoms with E-state index in [9.17, 15) is 9.18 Å². The maximum absolute atomic E-state index is 13.0. The van der Waals surface area contributed by atoms with Crippen LogP contribution in [-0.4, -0.2) is 44.6 Å². The summed E-state index contributed by atoms with van der Waals surface area (Å²) < 4.78 is 18.5. The zero-order valence-electron chi connectivity index (χ0n) is 14.3. The summed E-state index contributed by atoms with van der Waals surface area (Å²) in [5.74, 6) is 0.174. The van der Waals surface area contributed by atoms with Crippen LogP contribution in [0.3, 0.4) is 0 Å². The van der Waals surface area contributed by atoms with E-state index in [-0.39, 0.29) is 12.3 Å². The predicted molar refractivity (Wildman–Crippen MR) is 97.2 cm³/mol. The Kier molecular flexibility index (Phi) is 3.36. The van der Waals surface area contributed by atoms with Gasteiger partial charge in [-0.1, -0.05) is 5.21 Å². The number of methoxy groups -OCH3 is 1. The molecule has 0 radical (unpaired) electrons. The molecular formula is C18H15FN6O2. The maximum atomic E-state index is 13.0. The van der Waals surface area contributed by atoms with Crippen LogP contribution in [0, 0.1) is 5.92 Å². The highest BCUT2D eigenvalue weighted by Gasteiger charge is 2.43. The van der Waals surface area contributed by atoms with Crippen molar-refractivity contribution in [2.45, 2.75) is 12.6 Å². The molecule has 0 unspecified atom stereocenters. The topological polar surface area (TPSA) is 109 Å². The van der Waals surface area contributed by atoms with Gasteiger partial charge in [-0.2, -0.15) is 0 Å². The summed E-state index contributed by atoms with van der Waals surface area (Å²) in [5, 5.41) is 14.2. The number of fused-ring (bicyclic) bond motifs is 2. The molecule has 1 aliphatic rings. The molecule has 9 heteroatoms. The number of benzene rings is 1. The number of carbonyl (C=O) groups excluding carboxylic acids is 1. The molecule has 8 nitrogen and oxygen atoms in total. The smallest absolute Gasteiger partial charge is 0.231 e. The van der Waals surface area contributed by atoms with Gasteiger partial charge in [0.25, 0.3) is 0 Å². The summed E-state index contributed by atoms with van der Waals surface area (Å²) >= 11 is 0. The van der Waals surface area contributed by atoms with Gasteiger partial charge in [0.1, 0.15) is 28.9 Å². The van der Waals surface area contributed by atoms with Gasteiger partial charge in [0.2, 0.25) is 5.91 Å². The lowest BCUT2D eigenvalue weighted by molar-refractivity contribution is -0.117. The number of pyridine rings is 1. The van der Waals surface area contributed by atoms with Crippen LogP contribution < -0.4 is 10.1 Å². The van der Waals surface area contributed by atoms with Crippen LogP contribution in [-0.2, 0) is 4.79 Å². The zero-order valence-corrected chi connectivity index (χ0v) is 14.3. The third-order valence-electron chi connectivity index (χ3n) is 4.78. The van der Waals surface area contributed by atoms with Crippen LogP contribution in [0.2, 0.25) is 0 Å². The number of halogens is 1. The molecule has 0 spiro atoms. The second-order valence-corrected chi connectivity index (χ2v) is 6.52. The molecule has 27 heavy (non-hydrogen) atoms. The fraction of sp³-hybridized carbons (Fsp3) is 0.222. The molecule has 1 amide bonds. The summed E-state index contributed by atoms with van der Waals surface area (Å²) in [6.07, 6.45) is 1.07. The molecule has 1 fully saturated rings.